The number of allylic oxidation sites excluding steroid dienone is 4. The van der Waals surface area contributed by atoms with Crippen molar-refractivity contribution in [2.75, 3.05) is 54.1 Å². The molecule has 0 aromatic rings. The van der Waals surface area contributed by atoms with Crippen LogP contribution in [0.25, 0.3) is 0 Å². The third-order valence-corrected chi connectivity index (χ3v) is 11.0. The highest BCUT2D eigenvalue weighted by atomic mass is 31.2. The van der Waals surface area contributed by atoms with E-state index < -0.39 is 13.9 Å². The van der Waals surface area contributed by atoms with Crippen LogP contribution in [-0.4, -0.2) is 70.7 Å². The summed E-state index contributed by atoms with van der Waals surface area (Å²) >= 11 is 0. The number of carbonyl (C=O) groups is 1. The van der Waals surface area contributed by atoms with Gasteiger partial charge in [-0.2, -0.15) is 0 Å². The summed E-state index contributed by atoms with van der Waals surface area (Å²) < 4.78 is 34.6. The molecule has 0 heterocycles. The Morgan fingerprint density at radius 2 is 1.00 bits per heavy atom. The lowest BCUT2D eigenvalue weighted by molar-refractivity contribution is -0.870. The minimum absolute atomic E-state index is 0.0264. The molecule has 326 valence electrons. The quantitative estimate of drug-likeness (QED) is 0.0199. The largest absolute Gasteiger partial charge is 0.756 e. The number of nitrogens with zero attached hydrogens (tertiary/aromatic N) is 1. The summed E-state index contributed by atoms with van der Waals surface area (Å²) in [5.41, 5.74) is 0. The molecule has 0 fully saturated rings. The summed E-state index contributed by atoms with van der Waals surface area (Å²) in [5, 5.41) is 0. The first-order valence-corrected chi connectivity index (χ1v) is 24.5. The molecule has 8 nitrogen and oxygen atoms in total. The minimum atomic E-state index is -4.52. The van der Waals surface area contributed by atoms with Gasteiger partial charge < -0.3 is 27.9 Å². The molecule has 0 aliphatic carbocycles. The van der Waals surface area contributed by atoms with Crippen molar-refractivity contribution in [3.8, 4) is 0 Å². The zero-order valence-corrected chi connectivity index (χ0v) is 37.8. The second-order valence-electron chi connectivity index (χ2n) is 16.8. The van der Waals surface area contributed by atoms with Crippen LogP contribution in [-0.2, 0) is 27.9 Å². The van der Waals surface area contributed by atoms with E-state index in [9.17, 15) is 14.3 Å². The highest BCUT2D eigenvalue weighted by Gasteiger charge is 2.20. The van der Waals surface area contributed by atoms with Crippen LogP contribution in [0.1, 0.15) is 206 Å². The molecule has 0 N–H and O–H groups in total. The number of unbranched alkanes of at least 4 members (excludes halogenated alkanes) is 25. The average Bonchev–Trinajstić information content (AvgIpc) is 3.13. The van der Waals surface area contributed by atoms with Crippen molar-refractivity contribution >= 4 is 13.8 Å². The number of ether oxygens (including phenoxy) is 2. The summed E-state index contributed by atoms with van der Waals surface area (Å²) in [6.07, 6.45) is 44.7. The number of hydrogen-bond acceptors (Lipinski definition) is 7. The van der Waals surface area contributed by atoms with Gasteiger partial charge >= 0.3 is 5.97 Å². The van der Waals surface area contributed by atoms with E-state index in [-0.39, 0.29) is 25.8 Å². The first-order chi connectivity index (χ1) is 26.6. The predicted molar refractivity (Wildman–Crippen MR) is 231 cm³/mol. The fraction of sp³-hybridized carbons (Fsp3) is 0.891. The predicted octanol–water partition coefficient (Wildman–Crippen LogP) is 13.0. The Hall–Kier alpha value is -1.02. The van der Waals surface area contributed by atoms with Gasteiger partial charge in [0, 0.05) is 13.0 Å². The molecule has 0 radical (unpaired) electrons. The summed E-state index contributed by atoms with van der Waals surface area (Å²) in [5.74, 6) is -0.339. The molecule has 0 bridgehead atoms. The first kappa shape index (κ1) is 54.0. The van der Waals surface area contributed by atoms with Crippen molar-refractivity contribution in [3.05, 3.63) is 24.3 Å². The lowest BCUT2D eigenvalue weighted by Crippen LogP contribution is -2.37. The number of quaternary nitrogens is 1. The number of esters is 1. The Bertz CT molecular complexity index is 936. The van der Waals surface area contributed by atoms with E-state index in [1.165, 1.54) is 141 Å². The molecule has 2 atom stereocenters. The normalized spacial score (nSPS) is 13.9. The Morgan fingerprint density at radius 1 is 0.564 bits per heavy atom. The summed E-state index contributed by atoms with van der Waals surface area (Å²) in [4.78, 5) is 25.1. The van der Waals surface area contributed by atoms with Crippen LogP contribution in [0.5, 0.6) is 0 Å². The highest BCUT2D eigenvalue weighted by molar-refractivity contribution is 7.45. The molecule has 0 amide bonds. The smallest absolute Gasteiger partial charge is 0.306 e. The maximum atomic E-state index is 12.7. The van der Waals surface area contributed by atoms with Crippen LogP contribution in [0, 0.1) is 0 Å². The van der Waals surface area contributed by atoms with E-state index in [0.29, 0.717) is 24.1 Å². The second kappa shape index (κ2) is 39.8. The molecule has 0 aromatic heterocycles. The van der Waals surface area contributed by atoms with Crippen molar-refractivity contribution in [3.63, 3.8) is 0 Å². The Morgan fingerprint density at radius 3 is 1.51 bits per heavy atom. The molecule has 9 heteroatoms. The Labute approximate surface area is 341 Å². The summed E-state index contributed by atoms with van der Waals surface area (Å²) in [7, 11) is 1.36. The summed E-state index contributed by atoms with van der Waals surface area (Å²) in [6, 6.07) is 0. The van der Waals surface area contributed by atoms with Gasteiger partial charge in [-0.1, -0.05) is 179 Å². The van der Waals surface area contributed by atoms with E-state index in [1.54, 1.807) is 0 Å². The third-order valence-electron chi connectivity index (χ3n) is 10.0. The van der Waals surface area contributed by atoms with E-state index in [1.807, 2.05) is 21.1 Å². The lowest BCUT2D eigenvalue weighted by atomic mass is 10.0. The van der Waals surface area contributed by atoms with Crippen molar-refractivity contribution in [1.82, 2.24) is 0 Å². The molecule has 55 heavy (non-hydrogen) atoms. The summed E-state index contributed by atoms with van der Waals surface area (Å²) in [6.45, 7) is 5.41. The van der Waals surface area contributed by atoms with Crippen molar-refractivity contribution in [2.45, 2.75) is 213 Å². The number of hydrogen-bond donors (Lipinski definition) is 0. The highest BCUT2D eigenvalue weighted by Crippen LogP contribution is 2.38. The van der Waals surface area contributed by atoms with Gasteiger partial charge in [0.1, 0.15) is 19.3 Å². The van der Waals surface area contributed by atoms with Crippen molar-refractivity contribution in [1.29, 1.82) is 0 Å². The molecule has 0 saturated carbocycles. The third kappa shape index (κ3) is 43.9. The van der Waals surface area contributed by atoms with E-state index in [0.717, 1.165) is 44.9 Å². The van der Waals surface area contributed by atoms with E-state index >= 15 is 0 Å². The van der Waals surface area contributed by atoms with Gasteiger partial charge in [-0.15, -0.1) is 0 Å². The molecule has 1 unspecified atom stereocenters. The number of phosphoric ester groups is 1. The van der Waals surface area contributed by atoms with Crippen LogP contribution in [0.3, 0.4) is 0 Å². The second-order valence-corrected chi connectivity index (χ2v) is 18.2. The molecule has 0 aliphatic heterocycles. The average molecular weight is 800 g/mol. The van der Waals surface area contributed by atoms with E-state index in [2.05, 4.69) is 38.2 Å². The molecular weight excluding hydrogens is 709 g/mol. The zero-order chi connectivity index (χ0) is 40.6. The first-order valence-electron chi connectivity index (χ1n) is 23.1. The zero-order valence-electron chi connectivity index (χ0n) is 36.9. The van der Waals surface area contributed by atoms with Gasteiger partial charge in [0.25, 0.3) is 7.82 Å². The fourth-order valence-corrected chi connectivity index (χ4v) is 7.13. The molecule has 0 saturated heterocycles. The Kier molecular flexibility index (Phi) is 39.1. The van der Waals surface area contributed by atoms with Crippen LogP contribution in [0.4, 0.5) is 0 Å². The van der Waals surface area contributed by atoms with Gasteiger partial charge in [-0.05, 0) is 44.9 Å². The number of rotatable bonds is 43. The SMILES string of the molecule is CCCCC/C=C\C/C=C\CCCCCCCCCC(=O)O[C@H](COCCCCCCCCCCCCCCCCCC)COP(=O)([O-])OCC[N+](C)(C)C. The van der Waals surface area contributed by atoms with Gasteiger partial charge in [-0.25, -0.2) is 0 Å². The number of carbonyl (C=O) groups excluding carboxylic acids is 1. The maximum absolute atomic E-state index is 12.7. The van der Waals surface area contributed by atoms with Gasteiger partial charge in [0.2, 0.25) is 0 Å². The van der Waals surface area contributed by atoms with Gasteiger partial charge in [-0.3, -0.25) is 9.36 Å². The number of phosphoric acid groups is 1. The van der Waals surface area contributed by atoms with Gasteiger partial charge in [0.05, 0.1) is 34.4 Å². The topological polar surface area (TPSA) is 94.1 Å². The van der Waals surface area contributed by atoms with Crippen LogP contribution >= 0.6 is 7.82 Å². The maximum Gasteiger partial charge on any atom is 0.306 e. The molecular formula is C46H90NO7P. The van der Waals surface area contributed by atoms with Crippen LogP contribution < -0.4 is 4.89 Å². The fourth-order valence-electron chi connectivity index (χ4n) is 6.40. The monoisotopic (exact) mass is 800 g/mol. The van der Waals surface area contributed by atoms with Gasteiger partial charge in [0.15, 0.2) is 0 Å². The number of likely N-dealkylation sites (N-methyl/N-ethyl adjacent to an activating group) is 1. The molecule has 0 rings (SSSR count). The Balaban J connectivity index is 4.20. The van der Waals surface area contributed by atoms with Crippen LogP contribution in [0.15, 0.2) is 24.3 Å². The molecule has 0 spiro atoms. The minimum Gasteiger partial charge on any atom is -0.756 e. The molecule has 0 aromatic carbocycles. The van der Waals surface area contributed by atoms with Crippen molar-refractivity contribution in [2.24, 2.45) is 0 Å². The van der Waals surface area contributed by atoms with E-state index in [4.69, 9.17) is 18.5 Å². The lowest BCUT2D eigenvalue weighted by Gasteiger charge is -2.28. The standard InChI is InChI=1S/C46H90NO7P/c1-6-8-10-12-14-16-18-20-22-24-25-27-29-31-33-35-37-39-46(48)54-45(44-53-55(49,50)52-42-40-47(3,4)5)43-51-41-38-36-34-32-30-28-26-23-21-19-17-15-13-11-9-7-2/h14,16,20,22,45H,6-13,15,17-19,21,23-44H2,1-5H3/b16-14-,22-20-/t45-/m1/s1. The molecule has 0 aliphatic rings. The van der Waals surface area contributed by atoms with Crippen LogP contribution in [0.2, 0.25) is 0 Å². The van der Waals surface area contributed by atoms with Crippen molar-refractivity contribution < 1.29 is 37.3 Å².